The van der Waals surface area contributed by atoms with Gasteiger partial charge in [0.2, 0.25) is 5.91 Å². The molecular weight excluding hydrogens is 348 g/mol. The van der Waals surface area contributed by atoms with E-state index in [2.05, 4.69) is 6.92 Å². The molecule has 0 unspecified atom stereocenters. The molecular formula is C20H22N2O3S. The topological polar surface area (TPSA) is 53.8 Å². The SMILES string of the molecule is Cc1ccc(N(Cc2ccco2)C(=O)[C@@H]2CS[C@]3(C)CCC(=O)N23)cc1. The minimum absolute atomic E-state index is 0.0447. The van der Waals surface area contributed by atoms with E-state index in [0.29, 0.717) is 18.7 Å². The Morgan fingerprint density at radius 1 is 1.35 bits per heavy atom. The van der Waals surface area contributed by atoms with Gasteiger partial charge >= 0.3 is 0 Å². The highest BCUT2D eigenvalue weighted by Crippen LogP contribution is 2.47. The lowest BCUT2D eigenvalue weighted by molar-refractivity contribution is -0.136. The average molecular weight is 370 g/mol. The number of rotatable bonds is 4. The molecule has 4 rings (SSSR count). The highest BCUT2D eigenvalue weighted by molar-refractivity contribution is 8.01. The second-order valence-corrected chi connectivity index (χ2v) is 8.61. The van der Waals surface area contributed by atoms with Gasteiger partial charge in [0.15, 0.2) is 0 Å². The Labute approximate surface area is 157 Å². The fourth-order valence-electron chi connectivity index (χ4n) is 3.76. The summed E-state index contributed by atoms with van der Waals surface area (Å²) >= 11 is 1.71. The third kappa shape index (κ3) is 2.92. The maximum atomic E-state index is 13.5. The lowest BCUT2D eigenvalue weighted by atomic mass is 10.1. The summed E-state index contributed by atoms with van der Waals surface area (Å²) in [6.07, 6.45) is 2.94. The van der Waals surface area contributed by atoms with E-state index in [4.69, 9.17) is 4.42 Å². The quantitative estimate of drug-likeness (QED) is 0.826. The number of amides is 2. The highest BCUT2D eigenvalue weighted by Gasteiger charge is 2.53. The molecule has 6 heteroatoms. The van der Waals surface area contributed by atoms with Gasteiger partial charge in [-0.15, -0.1) is 11.8 Å². The van der Waals surface area contributed by atoms with E-state index < -0.39 is 6.04 Å². The number of carbonyl (C=O) groups is 2. The van der Waals surface area contributed by atoms with Crippen LogP contribution in [0.4, 0.5) is 5.69 Å². The van der Waals surface area contributed by atoms with Gasteiger partial charge in [-0.2, -0.15) is 0 Å². The maximum absolute atomic E-state index is 13.5. The Morgan fingerprint density at radius 2 is 2.12 bits per heavy atom. The van der Waals surface area contributed by atoms with Crippen molar-refractivity contribution >= 4 is 29.3 Å². The van der Waals surface area contributed by atoms with E-state index in [1.165, 1.54) is 0 Å². The van der Waals surface area contributed by atoms with Gasteiger partial charge in [0, 0.05) is 17.9 Å². The number of thioether (sulfide) groups is 1. The number of fused-ring (bicyclic) bond motifs is 1. The smallest absolute Gasteiger partial charge is 0.251 e. The molecule has 2 aliphatic rings. The molecule has 2 aliphatic heterocycles. The molecule has 0 bridgehead atoms. The van der Waals surface area contributed by atoms with Crippen LogP contribution in [0.15, 0.2) is 47.1 Å². The van der Waals surface area contributed by atoms with Crippen molar-refractivity contribution in [2.45, 2.75) is 44.1 Å². The number of benzene rings is 1. The van der Waals surface area contributed by atoms with Crippen molar-refractivity contribution in [3.63, 3.8) is 0 Å². The van der Waals surface area contributed by atoms with Crippen LogP contribution < -0.4 is 4.90 Å². The second kappa shape index (κ2) is 6.50. The van der Waals surface area contributed by atoms with Gasteiger partial charge in [0.05, 0.1) is 17.7 Å². The van der Waals surface area contributed by atoms with Crippen molar-refractivity contribution in [2.75, 3.05) is 10.7 Å². The zero-order valence-electron chi connectivity index (χ0n) is 15.0. The van der Waals surface area contributed by atoms with Crippen molar-refractivity contribution < 1.29 is 14.0 Å². The predicted molar refractivity (Wildman–Crippen MR) is 102 cm³/mol. The van der Waals surface area contributed by atoms with Gasteiger partial charge in [-0.25, -0.2) is 0 Å². The van der Waals surface area contributed by atoms with E-state index in [0.717, 1.165) is 23.4 Å². The number of furan rings is 1. The van der Waals surface area contributed by atoms with Crippen molar-refractivity contribution in [1.29, 1.82) is 0 Å². The fraction of sp³-hybridized carbons (Fsp3) is 0.400. The fourth-order valence-corrected chi connectivity index (χ4v) is 5.19. The third-order valence-corrected chi connectivity index (χ3v) is 6.74. The zero-order valence-corrected chi connectivity index (χ0v) is 15.8. The van der Waals surface area contributed by atoms with E-state index >= 15 is 0 Å². The largest absolute Gasteiger partial charge is 0.467 e. The number of carbonyl (C=O) groups excluding carboxylic acids is 2. The normalized spacial score (nSPS) is 24.8. The first-order valence-electron chi connectivity index (χ1n) is 8.84. The van der Waals surface area contributed by atoms with Crippen LogP contribution in [0.3, 0.4) is 0 Å². The maximum Gasteiger partial charge on any atom is 0.251 e. The molecule has 2 saturated heterocycles. The Hall–Kier alpha value is -2.21. The number of aryl methyl sites for hydroxylation is 1. The number of hydrogen-bond acceptors (Lipinski definition) is 4. The molecule has 2 fully saturated rings. The molecule has 136 valence electrons. The van der Waals surface area contributed by atoms with Gasteiger partial charge in [0.25, 0.3) is 5.91 Å². The van der Waals surface area contributed by atoms with E-state index in [1.54, 1.807) is 22.9 Å². The predicted octanol–water partition coefficient (Wildman–Crippen LogP) is 3.58. The van der Waals surface area contributed by atoms with Crippen molar-refractivity contribution in [3.05, 3.63) is 54.0 Å². The average Bonchev–Trinajstić information content (AvgIpc) is 3.32. The Balaban J connectivity index is 1.66. The molecule has 0 N–H and O–H groups in total. The summed E-state index contributed by atoms with van der Waals surface area (Å²) in [6.45, 7) is 4.44. The van der Waals surface area contributed by atoms with Crippen LogP contribution in [0.25, 0.3) is 0 Å². The van der Waals surface area contributed by atoms with E-state index in [9.17, 15) is 9.59 Å². The second-order valence-electron chi connectivity index (χ2n) is 7.10. The van der Waals surface area contributed by atoms with Crippen molar-refractivity contribution in [2.24, 2.45) is 0 Å². The van der Waals surface area contributed by atoms with E-state index in [1.807, 2.05) is 48.2 Å². The molecule has 2 amide bonds. The number of anilines is 1. The molecule has 5 nitrogen and oxygen atoms in total. The first kappa shape index (κ1) is 17.2. The summed E-state index contributed by atoms with van der Waals surface area (Å²) in [7, 11) is 0. The van der Waals surface area contributed by atoms with Crippen LogP contribution >= 0.6 is 11.8 Å². The van der Waals surface area contributed by atoms with Gasteiger partial charge in [-0.3, -0.25) is 9.59 Å². The summed E-state index contributed by atoms with van der Waals surface area (Å²) in [5, 5.41) is 0. The number of nitrogens with zero attached hydrogens (tertiary/aromatic N) is 2. The molecule has 1 aromatic carbocycles. The zero-order chi connectivity index (χ0) is 18.3. The molecule has 0 saturated carbocycles. The minimum atomic E-state index is -0.420. The van der Waals surface area contributed by atoms with E-state index in [-0.39, 0.29) is 16.7 Å². The molecule has 0 aliphatic carbocycles. The highest BCUT2D eigenvalue weighted by atomic mass is 32.2. The lowest BCUT2D eigenvalue weighted by Gasteiger charge is -2.33. The molecule has 26 heavy (non-hydrogen) atoms. The van der Waals surface area contributed by atoms with Gasteiger partial charge in [0.1, 0.15) is 11.8 Å². The van der Waals surface area contributed by atoms with Crippen LogP contribution in [0.2, 0.25) is 0 Å². The van der Waals surface area contributed by atoms with Crippen LogP contribution in [0, 0.1) is 6.92 Å². The van der Waals surface area contributed by atoms with Crippen LogP contribution in [-0.2, 0) is 16.1 Å². The van der Waals surface area contributed by atoms with Gasteiger partial charge in [-0.05, 0) is 44.5 Å². The molecule has 3 heterocycles. The third-order valence-electron chi connectivity index (χ3n) is 5.24. The molecule has 2 atom stereocenters. The van der Waals surface area contributed by atoms with Crippen molar-refractivity contribution in [3.8, 4) is 0 Å². The summed E-state index contributed by atoms with van der Waals surface area (Å²) in [5.74, 6) is 1.40. The minimum Gasteiger partial charge on any atom is -0.467 e. The van der Waals surface area contributed by atoms with Crippen LogP contribution in [0.5, 0.6) is 0 Å². The summed E-state index contributed by atoms with van der Waals surface area (Å²) < 4.78 is 5.47. The van der Waals surface area contributed by atoms with Crippen molar-refractivity contribution in [1.82, 2.24) is 4.90 Å². The van der Waals surface area contributed by atoms with Gasteiger partial charge < -0.3 is 14.2 Å². The number of hydrogen-bond donors (Lipinski definition) is 0. The standard InChI is InChI=1S/C20H22N2O3S/c1-14-5-7-15(8-6-14)21(12-16-4-3-11-25-16)19(24)17-13-26-20(2)10-9-18(23)22(17)20/h3-8,11,17H,9-10,12-13H2,1-2H3/t17-,20+/m0/s1. The molecule has 0 spiro atoms. The molecule has 1 aromatic heterocycles. The molecule has 2 aromatic rings. The Bertz CT molecular complexity index is 818. The summed E-state index contributed by atoms with van der Waals surface area (Å²) in [5.41, 5.74) is 1.96. The molecule has 0 radical (unpaired) electrons. The van der Waals surface area contributed by atoms with Crippen LogP contribution in [-0.4, -0.2) is 33.4 Å². The first-order valence-corrected chi connectivity index (χ1v) is 9.83. The Kier molecular flexibility index (Phi) is 4.31. The lowest BCUT2D eigenvalue weighted by Crippen LogP contribution is -2.51. The van der Waals surface area contributed by atoms with Gasteiger partial charge in [-0.1, -0.05) is 17.7 Å². The summed E-state index contributed by atoms with van der Waals surface area (Å²) in [4.78, 5) is 29.2. The Morgan fingerprint density at radius 3 is 2.81 bits per heavy atom. The first-order chi connectivity index (χ1) is 12.5. The van der Waals surface area contributed by atoms with Crippen LogP contribution in [0.1, 0.15) is 31.1 Å². The summed E-state index contributed by atoms with van der Waals surface area (Å²) in [6, 6.07) is 11.1. The monoisotopic (exact) mass is 370 g/mol.